The Kier molecular flexibility index (Phi) is 4.07. The fourth-order valence-corrected chi connectivity index (χ4v) is 1.47. The van der Waals surface area contributed by atoms with E-state index in [1.54, 1.807) is 13.0 Å². The Morgan fingerprint density at radius 1 is 1.63 bits per heavy atom. The van der Waals surface area contributed by atoms with E-state index >= 15 is 0 Å². The van der Waals surface area contributed by atoms with Crippen molar-refractivity contribution < 1.29 is 14.8 Å². The second-order valence-electron chi connectivity index (χ2n) is 4.22. The molecule has 0 heterocycles. The van der Waals surface area contributed by atoms with E-state index in [1.165, 1.54) is 19.1 Å². The Labute approximate surface area is 109 Å². The molecule has 0 spiro atoms. The van der Waals surface area contributed by atoms with E-state index in [-0.39, 0.29) is 16.9 Å². The molecular weight excluding hydrogens is 250 g/mol. The van der Waals surface area contributed by atoms with Crippen LogP contribution >= 0.6 is 0 Å². The molecule has 0 bridgehead atoms. The highest BCUT2D eigenvalue weighted by atomic mass is 16.6. The number of benzene rings is 1. The maximum absolute atomic E-state index is 11.1. The summed E-state index contributed by atoms with van der Waals surface area (Å²) in [5.41, 5.74) is -1.35. The van der Waals surface area contributed by atoms with Gasteiger partial charge in [-0.2, -0.15) is 5.26 Å². The van der Waals surface area contributed by atoms with Gasteiger partial charge in [0.15, 0.2) is 0 Å². The second-order valence-corrected chi connectivity index (χ2v) is 4.22. The van der Waals surface area contributed by atoms with Crippen LogP contribution in [0.5, 0.6) is 0 Å². The highest BCUT2D eigenvalue weighted by molar-refractivity contribution is 5.82. The van der Waals surface area contributed by atoms with Crippen LogP contribution < -0.4 is 5.32 Å². The van der Waals surface area contributed by atoms with Crippen LogP contribution in [0.3, 0.4) is 0 Å². The van der Waals surface area contributed by atoms with Gasteiger partial charge in [-0.05, 0) is 25.5 Å². The lowest BCUT2D eigenvalue weighted by Crippen LogP contribution is -2.42. The summed E-state index contributed by atoms with van der Waals surface area (Å²) >= 11 is 0. The van der Waals surface area contributed by atoms with E-state index in [4.69, 9.17) is 10.4 Å². The zero-order valence-electron chi connectivity index (χ0n) is 10.5. The molecular formula is C12H13N3O4. The molecule has 0 aliphatic heterocycles. The largest absolute Gasteiger partial charge is 0.480 e. The normalized spacial score (nSPS) is 13.1. The van der Waals surface area contributed by atoms with E-state index in [0.29, 0.717) is 6.42 Å². The predicted octanol–water partition coefficient (Wildman–Crippen LogP) is 2.13. The van der Waals surface area contributed by atoms with Crippen molar-refractivity contribution in [1.82, 2.24) is 0 Å². The molecule has 7 nitrogen and oxygen atoms in total. The average molecular weight is 263 g/mol. The lowest BCUT2D eigenvalue weighted by Gasteiger charge is -2.25. The van der Waals surface area contributed by atoms with Gasteiger partial charge in [0.2, 0.25) is 0 Å². The second kappa shape index (κ2) is 5.35. The van der Waals surface area contributed by atoms with Crippen LogP contribution in [0.4, 0.5) is 11.4 Å². The summed E-state index contributed by atoms with van der Waals surface area (Å²) < 4.78 is 0. The van der Waals surface area contributed by atoms with Gasteiger partial charge in [0.25, 0.3) is 5.69 Å². The first-order chi connectivity index (χ1) is 8.84. The van der Waals surface area contributed by atoms with Gasteiger partial charge in [0, 0.05) is 11.8 Å². The maximum Gasteiger partial charge on any atom is 0.329 e. The number of hydrogen-bond donors (Lipinski definition) is 2. The van der Waals surface area contributed by atoms with Crippen molar-refractivity contribution in [2.45, 2.75) is 25.8 Å². The van der Waals surface area contributed by atoms with Crippen molar-refractivity contribution in [3.05, 3.63) is 33.9 Å². The fourth-order valence-electron chi connectivity index (χ4n) is 1.47. The summed E-state index contributed by atoms with van der Waals surface area (Å²) in [6, 6.07) is 5.62. The molecule has 1 unspecified atom stereocenters. The third kappa shape index (κ3) is 2.98. The molecule has 2 N–H and O–H groups in total. The summed E-state index contributed by atoms with van der Waals surface area (Å²) in [4.78, 5) is 21.3. The van der Waals surface area contributed by atoms with Crippen molar-refractivity contribution in [2.24, 2.45) is 0 Å². The molecule has 0 aliphatic rings. The van der Waals surface area contributed by atoms with E-state index < -0.39 is 16.4 Å². The van der Waals surface area contributed by atoms with Gasteiger partial charge in [0.1, 0.15) is 17.2 Å². The molecule has 7 heteroatoms. The van der Waals surface area contributed by atoms with Crippen LogP contribution in [-0.2, 0) is 4.79 Å². The lowest BCUT2D eigenvalue weighted by atomic mass is 9.98. The maximum atomic E-state index is 11.1. The number of nitro groups is 1. The number of aliphatic carboxylic acids is 1. The van der Waals surface area contributed by atoms with Crippen LogP contribution in [0, 0.1) is 21.4 Å². The number of nitrogens with one attached hydrogen (secondary N) is 1. The van der Waals surface area contributed by atoms with Crippen LogP contribution in [-0.4, -0.2) is 21.5 Å². The van der Waals surface area contributed by atoms with E-state index in [2.05, 4.69) is 5.32 Å². The molecule has 0 fully saturated rings. The van der Waals surface area contributed by atoms with Gasteiger partial charge >= 0.3 is 5.97 Å². The smallest absolute Gasteiger partial charge is 0.329 e. The molecule has 19 heavy (non-hydrogen) atoms. The summed E-state index contributed by atoms with van der Waals surface area (Å²) in [6.07, 6.45) is 0.302. The standard InChI is InChI=1S/C12H13N3O4/c1-3-12(2,11(16)17)14-9-5-4-8(7-13)10(6-9)15(18)19/h4-6,14H,3H2,1-2H3,(H,16,17). The van der Waals surface area contributed by atoms with E-state index in [9.17, 15) is 14.9 Å². The minimum Gasteiger partial charge on any atom is -0.480 e. The Morgan fingerprint density at radius 2 is 2.26 bits per heavy atom. The first-order valence-corrected chi connectivity index (χ1v) is 5.54. The Balaban J connectivity index is 3.17. The van der Waals surface area contributed by atoms with E-state index in [0.717, 1.165) is 6.07 Å². The summed E-state index contributed by atoms with van der Waals surface area (Å²) in [5.74, 6) is -1.05. The van der Waals surface area contributed by atoms with Gasteiger partial charge in [-0.1, -0.05) is 6.92 Å². The number of nitriles is 1. The predicted molar refractivity (Wildman–Crippen MR) is 67.8 cm³/mol. The number of hydrogen-bond acceptors (Lipinski definition) is 5. The van der Waals surface area contributed by atoms with E-state index in [1.807, 2.05) is 0 Å². The number of nitrogens with zero attached hydrogens (tertiary/aromatic N) is 2. The van der Waals surface area contributed by atoms with Gasteiger partial charge in [-0.25, -0.2) is 4.79 Å². The molecule has 0 saturated heterocycles. The molecule has 0 aliphatic carbocycles. The van der Waals surface area contributed by atoms with Crippen LogP contribution in [0.15, 0.2) is 18.2 Å². The van der Waals surface area contributed by atoms with Gasteiger partial charge in [-0.15, -0.1) is 0 Å². The Morgan fingerprint density at radius 3 is 2.68 bits per heavy atom. The zero-order valence-corrected chi connectivity index (χ0v) is 10.5. The SMILES string of the molecule is CCC(C)(Nc1ccc(C#N)c([N+](=O)[O-])c1)C(=O)O. The third-order valence-corrected chi connectivity index (χ3v) is 2.91. The fraction of sp³-hybridized carbons (Fsp3) is 0.333. The number of carboxylic acid groups (broad SMARTS) is 1. The van der Waals surface area contributed by atoms with Gasteiger partial charge in [0.05, 0.1) is 4.92 Å². The summed E-state index contributed by atoms with van der Waals surface area (Å²) in [5, 5.41) is 31.4. The molecule has 1 rings (SSSR count). The van der Waals surface area contributed by atoms with Crippen molar-refractivity contribution >= 4 is 17.3 Å². The van der Waals surface area contributed by atoms with Crippen molar-refractivity contribution in [3.8, 4) is 6.07 Å². The molecule has 1 atom stereocenters. The van der Waals surface area contributed by atoms with Crippen molar-refractivity contribution in [2.75, 3.05) is 5.32 Å². The van der Waals surface area contributed by atoms with Crippen molar-refractivity contribution in [1.29, 1.82) is 5.26 Å². The minimum atomic E-state index is -1.22. The highest BCUT2D eigenvalue weighted by Crippen LogP contribution is 2.25. The quantitative estimate of drug-likeness (QED) is 0.620. The monoisotopic (exact) mass is 263 g/mol. The molecule has 0 amide bonds. The van der Waals surface area contributed by atoms with Crippen LogP contribution in [0.25, 0.3) is 0 Å². The Hall–Kier alpha value is -2.62. The van der Waals surface area contributed by atoms with Crippen LogP contribution in [0.1, 0.15) is 25.8 Å². The summed E-state index contributed by atoms with van der Waals surface area (Å²) in [7, 11) is 0. The molecule has 1 aromatic carbocycles. The van der Waals surface area contributed by atoms with Gasteiger partial charge < -0.3 is 10.4 Å². The lowest BCUT2D eigenvalue weighted by molar-refractivity contribution is -0.385. The summed E-state index contributed by atoms with van der Waals surface area (Å²) in [6.45, 7) is 3.18. The highest BCUT2D eigenvalue weighted by Gasteiger charge is 2.31. The molecule has 1 aromatic rings. The number of nitro benzene ring substituents is 1. The number of anilines is 1. The Bertz CT molecular complexity index is 565. The van der Waals surface area contributed by atoms with Crippen LogP contribution in [0.2, 0.25) is 0 Å². The first-order valence-electron chi connectivity index (χ1n) is 5.54. The minimum absolute atomic E-state index is 0.0657. The number of carboxylic acids is 1. The first kappa shape index (κ1) is 14.4. The van der Waals surface area contributed by atoms with Gasteiger partial charge in [-0.3, -0.25) is 10.1 Å². The molecule has 0 aromatic heterocycles. The number of rotatable bonds is 5. The average Bonchev–Trinajstić information content (AvgIpc) is 2.38. The molecule has 0 radical (unpaired) electrons. The number of carbonyl (C=O) groups is 1. The van der Waals surface area contributed by atoms with Crippen molar-refractivity contribution in [3.63, 3.8) is 0 Å². The molecule has 100 valence electrons. The third-order valence-electron chi connectivity index (χ3n) is 2.91. The zero-order chi connectivity index (χ0) is 14.6. The topological polar surface area (TPSA) is 116 Å². The molecule has 0 saturated carbocycles.